The molecule has 2 N–H and O–H groups in total. The van der Waals surface area contributed by atoms with Gasteiger partial charge in [0.05, 0.1) is 14.2 Å². The van der Waals surface area contributed by atoms with E-state index in [0.717, 1.165) is 0 Å². The summed E-state index contributed by atoms with van der Waals surface area (Å²) in [5.41, 5.74) is 1.62. The van der Waals surface area contributed by atoms with Crippen molar-refractivity contribution < 1.29 is 27.1 Å². The number of benzene rings is 3. The lowest BCUT2D eigenvalue weighted by molar-refractivity contribution is -0.113. The summed E-state index contributed by atoms with van der Waals surface area (Å²) < 4.78 is 50.1. The molecule has 8 nitrogen and oxygen atoms in total. The van der Waals surface area contributed by atoms with Gasteiger partial charge in [0.2, 0.25) is 15.7 Å². The minimum atomic E-state index is -4.14. The number of rotatable bonds is 8. The Morgan fingerprint density at radius 1 is 0.886 bits per heavy atom. The smallest absolute Gasteiger partial charge is 0.240 e. The fraction of sp³-hybridized carbons (Fsp3) is 0.120. The van der Waals surface area contributed by atoms with Gasteiger partial charge in [-0.1, -0.05) is 0 Å². The maximum Gasteiger partial charge on any atom is 0.240 e. The molecule has 10 heteroatoms. The maximum absolute atomic E-state index is 13.3. The summed E-state index contributed by atoms with van der Waals surface area (Å²) in [7, 11) is -1.07. The molecular formula is C25H22FN3O5S. The first-order valence-corrected chi connectivity index (χ1v) is 12.1. The molecule has 3 aromatic carbocycles. The van der Waals surface area contributed by atoms with E-state index in [2.05, 4.69) is 15.3 Å². The molecule has 0 spiro atoms. The Balaban J connectivity index is 1.70. The van der Waals surface area contributed by atoms with E-state index < -0.39 is 27.3 Å². The van der Waals surface area contributed by atoms with Gasteiger partial charge in [-0.05, 0) is 72.8 Å². The molecule has 0 unspecified atom stereocenters. The van der Waals surface area contributed by atoms with Crippen LogP contribution in [-0.2, 0) is 14.6 Å². The summed E-state index contributed by atoms with van der Waals surface area (Å²) in [5.74, 6) is -0.515. The largest absolute Gasteiger partial charge is 0.497 e. The van der Waals surface area contributed by atoms with Crippen LogP contribution in [0, 0.1) is 5.82 Å². The Bertz CT molecular complexity index is 1430. The van der Waals surface area contributed by atoms with E-state index in [1.807, 2.05) is 0 Å². The Kier molecular flexibility index (Phi) is 6.83. The number of carbonyl (C=O) groups excluding carboxylic acids is 1. The molecule has 0 fully saturated rings. The number of nitrogens with one attached hydrogen (secondary N) is 2. The van der Waals surface area contributed by atoms with Crippen molar-refractivity contribution in [2.75, 3.05) is 25.3 Å². The molecule has 0 saturated heterocycles. The van der Waals surface area contributed by atoms with Crippen LogP contribution in [0.15, 0.2) is 77.8 Å². The molecule has 0 aliphatic carbocycles. The Morgan fingerprint density at radius 2 is 1.43 bits per heavy atom. The van der Waals surface area contributed by atoms with Crippen LogP contribution in [0.2, 0.25) is 0 Å². The first kappa shape index (κ1) is 24.0. The van der Waals surface area contributed by atoms with E-state index in [1.54, 1.807) is 55.6 Å². The monoisotopic (exact) mass is 495 g/mol. The highest BCUT2D eigenvalue weighted by atomic mass is 32.2. The molecule has 35 heavy (non-hydrogen) atoms. The van der Waals surface area contributed by atoms with Gasteiger partial charge in [-0.2, -0.15) is 0 Å². The quantitative estimate of drug-likeness (QED) is 0.377. The van der Waals surface area contributed by atoms with Crippen molar-refractivity contribution in [3.63, 3.8) is 0 Å². The molecule has 180 valence electrons. The van der Waals surface area contributed by atoms with Crippen LogP contribution in [0.25, 0.3) is 22.6 Å². The van der Waals surface area contributed by atoms with Gasteiger partial charge in [0.1, 0.15) is 34.6 Å². The zero-order valence-corrected chi connectivity index (χ0v) is 19.7. The van der Waals surface area contributed by atoms with Gasteiger partial charge >= 0.3 is 0 Å². The van der Waals surface area contributed by atoms with Crippen molar-refractivity contribution in [3.8, 4) is 34.1 Å². The topological polar surface area (TPSA) is 110 Å². The summed E-state index contributed by atoms with van der Waals surface area (Å²) in [6.45, 7) is 0. The fourth-order valence-corrected chi connectivity index (χ4v) is 4.66. The van der Waals surface area contributed by atoms with Crippen molar-refractivity contribution in [1.82, 2.24) is 9.97 Å². The average molecular weight is 496 g/mol. The lowest BCUT2D eigenvalue weighted by atomic mass is 10.1. The molecule has 0 atom stereocenters. The summed E-state index contributed by atoms with van der Waals surface area (Å²) >= 11 is 0. The number of carbonyl (C=O) groups is 1. The number of H-pyrrole nitrogens is 1. The number of anilines is 1. The number of halogens is 1. The van der Waals surface area contributed by atoms with Gasteiger partial charge in [0.15, 0.2) is 5.03 Å². The second kappa shape index (κ2) is 9.98. The van der Waals surface area contributed by atoms with Crippen LogP contribution >= 0.6 is 0 Å². The Hall–Kier alpha value is -4.18. The van der Waals surface area contributed by atoms with Gasteiger partial charge in [-0.15, -0.1) is 0 Å². The van der Waals surface area contributed by atoms with Crippen molar-refractivity contribution >= 4 is 21.4 Å². The third-order valence-electron chi connectivity index (χ3n) is 5.16. The van der Waals surface area contributed by atoms with Crippen molar-refractivity contribution in [1.29, 1.82) is 0 Å². The number of methoxy groups -OCH3 is 2. The zero-order chi connectivity index (χ0) is 25.0. The van der Waals surface area contributed by atoms with Crippen LogP contribution in [-0.4, -0.2) is 44.3 Å². The first-order valence-electron chi connectivity index (χ1n) is 10.5. The number of aromatic amines is 1. The number of sulfone groups is 1. The molecular weight excluding hydrogens is 473 g/mol. The van der Waals surface area contributed by atoms with Gasteiger partial charge in [-0.25, -0.2) is 17.8 Å². The molecule has 4 aromatic rings. The van der Waals surface area contributed by atoms with Crippen LogP contribution in [0.1, 0.15) is 0 Å². The Labute approximate surface area is 201 Å². The minimum absolute atomic E-state index is 0.174. The summed E-state index contributed by atoms with van der Waals surface area (Å²) in [6, 6.07) is 18.7. The van der Waals surface area contributed by atoms with Gasteiger partial charge in [0, 0.05) is 16.8 Å². The van der Waals surface area contributed by atoms with E-state index in [1.165, 1.54) is 31.4 Å². The number of hydrogen-bond acceptors (Lipinski definition) is 6. The third-order valence-corrected chi connectivity index (χ3v) is 6.72. The SMILES string of the molecule is COc1ccc(-c2nc(-c3ccc(OC)cc3)c(S(=O)(=O)CC(=O)Nc3ccc(F)cc3)[nH]2)cc1. The predicted octanol–water partition coefficient (Wildman–Crippen LogP) is 4.31. The molecule has 1 aromatic heterocycles. The number of aromatic nitrogens is 2. The van der Waals surface area contributed by atoms with Crippen LogP contribution in [0.4, 0.5) is 10.1 Å². The summed E-state index contributed by atoms with van der Waals surface area (Å²) in [5, 5.41) is 2.28. The second-order valence-electron chi connectivity index (χ2n) is 7.53. The second-order valence-corrected chi connectivity index (χ2v) is 9.46. The van der Waals surface area contributed by atoms with E-state index >= 15 is 0 Å². The van der Waals surface area contributed by atoms with Crippen molar-refractivity contribution in [2.24, 2.45) is 0 Å². The van der Waals surface area contributed by atoms with E-state index in [0.29, 0.717) is 28.5 Å². The maximum atomic E-state index is 13.3. The molecule has 4 rings (SSSR count). The summed E-state index contributed by atoms with van der Waals surface area (Å²) in [6.07, 6.45) is 0. The number of nitrogens with zero attached hydrogens (tertiary/aromatic N) is 1. The minimum Gasteiger partial charge on any atom is -0.497 e. The molecule has 1 amide bonds. The van der Waals surface area contributed by atoms with Crippen molar-refractivity contribution in [3.05, 3.63) is 78.6 Å². The molecule has 0 saturated carbocycles. The molecule has 1 heterocycles. The highest BCUT2D eigenvalue weighted by Gasteiger charge is 2.28. The molecule has 0 aliphatic rings. The molecule has 0 aliphatic heterocycles. The number of hydrogen-bond donors (Lipinski definition) is 2. The highest BCUT2D eigenvalue weighted by molar-refractivity contribution is 7.92. The highest BCUT2D eigenvalue weighted by Crippen LogP contribution is 2.31. The van der Waals surface area contributed by atoms with Crippen LogP contribution in [0.3, 0.4) is 0 Å². The number of amides is 1. The molecule has 0 bridgehead atoms. The zero-order valence-electron chi connectivity index (χ0n) is 18.9. The number of ether oxygens (including phenoxy) is 2. The Morgan fingerprint density at radius 3 is 1.97 bits per heavy atom. The average Bonchev–Trinajstić information content (AvgIpc) is 3.32. The van der Waals surface area contributed by atoms with E-state index in [4.69, 9.17) is 9.47 Å². The summed E-state index contributed by atoms with van der Waals surface area (Å²) in [4.78, 5) is 19.9. The predicted molar refractivity (Wildman–Crippen MR) is 130 cm³/mol. The number of imidazole rings is 1. The standard InChI is InChI=1S/C25H22FN3O5S/c1-33-20-11-3-16(4-12-20)23-25(29-24(28-23)17-5-13-21(34-2)14-6-17)35(31,32)15-22(30)27-19-9-7-18(26)8-10-19/h3-14H,15H2,1-2H3,(H,27,30)(H,28,29). The van der Waals surface area contributed by atoms with Crippen molar-refractivity contribution in [2.45, 2.75) is 5.03 Å². The van der Waals surface area contributed by atoms with E-state index in [-0.39, 0.29) is 16.4 Å². The fourth-order valence-electron chi connectivity index (χ4n) is 3.39. The third kappa shape index (κ3) is 5.49. The first-order chi connectivity index (χ1) is 16.8. The normalized spacial score (nSPS) is 11.2. The van der Waals surface area contributed by atoms with Gasteiger partial charge in [0.25, 0.3) is 0 Å². The lowest BCUT2D eigenvalue weighted by Crippen LogP contribution is -2.23. The van der Waals surface area contributed by atoms with Gasteiger partial charge in [-0.3, -0.25) is 4.79 Å². The lowest BCUT2D eigenvalue weighted by Gasteiger charge is -2.07. The van der Waals surface area contributed by atoms with Gasteiger partial charge < -0.3 is 19.8 Å². The van der Waals surface area contributed by atoms with Crippen LogP contribution in [0.5, 0.6) is 11.5 Å². The van der Waals surface area contributed by atoms with Crippen LogP contribution < -0.4 is 14.8 Å². The van der Waals surface area contributed by atoms with E-state index in [9.17, 15) is 17.6 Å². The molecule has 0 radical (unpaired) electrons.